The molecule has 13 heteroatoms. The molecule has 0 radical (unpaired) electrons. The first-order valence-electron chi connectivity index (χ1n) is 17.2. The van der Waals surface area contributed by atoms with Gasteiger partial charge < -0.3 is 29.7 Å². The zero-order valence-corrected chi connectivity index (χ0v) is 28.8. The molecule has 0 aliphatic carbocycles. The minimum absolute atomic E-state index is 0.0250. The molecule has 0 amide bonds. The number of likely N-dealkylation sites (N-methyl/N-ethyl adjacent to an activating group) is 1. The Kier molecular flexibility index (Phi) is 11.1. The number of carbonyl (C=O) groups excluding carboxylic acids is 1. The number of halogens is 2. The number of hydrogen-bond donors (Lipinski definition) is 3. The summed E-state index contributed by atoms with van der Waals surface area (Å²) in [4.78, 5) is 30.2. The number of nitrogens with zero attached hydrogens (tertiary/aromatic N) is 6. The van der Waals surface area contributed by atoms with Gasteiger partial charge in [0.05, 0.1) is 31.4 Å². The molecule has 0 saturated carbocycles. The molecule has 4 aromatic rings. The molecule has 0 spiro atoms. The smallest absolute Gasteiger partial charge is 0.307 e. The van der Waals surface area contributed by atoms with Crippen molar-refractivity contribution >= 4 is 23.0 Å². The fourth-order valence-electron chi connectivity index (χ4n) is 7.15. The van der Waals surface area contributed by atoms with E-state index >= 15 is 8.78 Å². The van der Waals surface area contributed by atoms with Crippen LogP contribution in [0, 0.1) is 24.5 Å². The highest BCUT2D eigenvalue weighted by Gasteiger charge is 2.32. The number of aromatic nitrogens is 4. The summed E-state index contributed by atoms with van der Waals surface area (Å²) in [5, 5.41) is 10.8. The van der Waals surface area contributed by atoms with Crippen LogP contribution in [0.3, 0.4) is 0 Å². The van der Waals surface area contributed by atoms with Crippen molar-refractivity contribution < 1.29 is 18.3 Å². The minimum Gasteiger partial charge on any atom is -0.469 e. The molecule has 2 aromatic heterocycles. The van der Waals surface area contributed by atoms with Crippen LogP contribution in [0.4, 0.5) is 14.7 Å². The molecule has 4 atom stereocenters. The van der Waals surface area contributed by atoms with Crippen molar-refractivity contribution in [2.75, 3.05) is 58.2 Å². The zero-order chi connectivity index (χ0) is 34.5. The van der Waals surface area contributed by atoms with Crippen molar-refractivity contribution in [1.29, 1.82) is 0 Å². The number of piperidine rings is 1. The van der Waals surface area contributed by atoms with Gasteiger partial charge in [-0.1, -0.05) is 37.3 Å². The average molecular weight is 676 g/mol. The number of methoxy groups -OCH3 is 1. The molecule has 2 aliphatic rings. The van der Waals surface area contributed by atoms with Gasteiger partial charge in [0.1, 0.15) is 17.0 Å². The Morgan fingerprint density at radius 1 is 1.08 bits per heavy atom. The highest BCUT2D eigenvalue weighted by molar-refractivity contribution is 5.83. The van der Waals surface area contributed by atoms with E-state index in [1.807, 2.05) is 13.0 Å². The molecular formula is C36H47F2N9O2. The number of aryl methyl sites for hydroxylation is 1. The van der Waals surface area contributed by atoms with Crippen molar-refractivity contribution in [3.8, 4) is 11.3 Å². The molecule has 262 valence electrons. The number of piperazine rings is 1. The Hall–Kier alpha value is -4.04. The standard InChI is InChI=1S/C36H47F2N9O2/c1-5-45-11-13-46(14-12-45)22-27-20-40-32(18-30(27)39-19-25-9-7-6-8-10-25)43-36-41-21-29(38)34(44-36)26-16-28(37)35-31(17-26)47(24(3)42-35)23(2)15-33(48)49-4/h6-10,16-17,21,23,27,30,32,39-40H,5,11-15,18-20,22H2,1-4H3,(H,41,43,44). The van der Waals surface area contributed by atoms with Crippen LogP contribution in [-0.2, 0) is 16.1 Å². The quantitative estimate of drug-likeness (QED) is 0.188. The molecule has 2 aromatic carbocycles. The number of anilines is 1. The maximum atomic E-state index is 15.4. The maximum absolute atomic E-state index is 15.4. The molecule has 3 N–H and O–H groups in total. The van der Waals surface area contributed by atoms with Crippen molar-refractivity contribution in [3.63, 3.8) is 0 Å². The van der Waals surface area contributed by atoms with Crippen molar-refractivity contribution in [2.45, 2.75) is 58.4 Å². The van der Waals surface area contributed by atoms with E-state index in [2.05, 4.69) is 71.9 Å². The van der Waals surface area contributed by atoms with Crippen LogP contribution < -0.4 is 16.0 Å². The molecule has 4 heterocycles. The normalized spacial score (nSPS) is 21.1. The van der Waals surface area contributed by atoms with Gasteiger partial charge >= 0.3 is 5.97 Å². The Bertz CT molecular complexity index is 1730. The number of nitrogens with one attached hydrogen (secondary N) is 3. The molecule has 2 saturated heterocycles. The lowest BCUT2D eigenvalue weighted by molar-refractivity contribution is -0.141. The number of esters is 1. The first-order chi connectivity index (χ1) is 23.7. The Labute approximate surface area is 286 Å². The lowest BCUT2D eigenvalue weighted by atomic mass is 9.90. The predicted octanol–water partition coefficient (Wildman–Crippen LogP) is 4.35. The van der Waals surface area contributed by atoms with Gasteiger partial charge in [-0.3, -0.25) is 10.1 Å². The van der Waals surface area contributed by atoms with E-state index in [9.17, 15) is 4.79 Å². The summed E-state index contributed by atoms with van der Waals surface area (Å²) >= 11 is 0. The van der Waals surface area contributed by atoms with Gasteiger partial charge in [0.2, 0.25) is 5.95 Å². The monoisotopic (exact) mass is 675 g/mol. The fourth-order valence-corrected chi connectivity index (χ4v) is 7.15. The zero-order valence-electron chi connectivity index (χ0n) is 28.8. The topological polar surface area (TPSA) is 112 Å². The summed E-state index contributed by atoms with van der Waals surface area (Å²) in [6.45, 7) is 13.8. The predicted molar refractivity (Wildman–Crippen MR) is 186 cm³/mol. The first-order valence-corrected chi connectivity index (χ1v) is 17.2. The molecule has 2 aliphatic heterocycles. The molecular weight excluding hydrogens is 628 g/mol. The second-order valence-corrected chi connectivity index (χ2v) is 13.2. The van der Waals surface area contributed by atoms with E-state index in [0.29, 0.717) is 17.3 Å². The number of imidazole rings is 1. The SMILES string of the molecule is CCN1CCN(CC2CNC(Nc3ncc(F)c(-c4cc(F)c5nc(C)n(C(C)CC(=O)OC)c5c4)n3)CC2NCc2ccccc2)CC1. The van der Waals surface area contributed by atoms with Crippen LogP contribution in [0.25, 0.3) is 22.3 Å². The lowest BCUT2D eigenvalue weighted by Gasteiger charge is -2.42. The first kappa shape index (κ1) is 34.8. The van der Waals surface area contributed by atoms with Crippen LogP contribution in [-0.4, -0.2) is 100 Å². The minimum atomic E-state index is -0.670. The van der Waals surface area contributed by atoms with Crippen LogP contribution in [0.2, 0.25) is 0 Å². The summed E-state index contributed by atoms with van der Waals surface area (Å²) < 4.78 is 37.3. The van der Waals surface area contributed by atoms with Crippen molar-refractivity contribution in [1.82, 2.24) is 40.0 Å². The van der Waals surface area contributed by atoms with Gasteiger partial charge in [0.25, 0.3) is 0 Å². The molecule has 4 unspecified atom stereocenters. The third-order valence-corrected chi connectivity index (χ3v) is 9.88. The van der Waals surface area contributed by atoms with Gasteiger partial charge in [-0.05, 0) is 50.4 Å². The number of benzene rings is 2. The van der Waals surface area contributed by atoms with Gasteiger partial charge in [-0.2, -0.15) is 0 Å². The molecule has 0 bridgehead atoms. The van der Waals surface area contributed by atoms with Crippen molar-refractivity contribution in [3.05, 3.63) is 71.7 Å². The van der Waals surface area contributed by atoms with Gasteiger partial charge in [0, 0.05) is 63.5 Å². The molecule has 6 rings (SSSR count). The second-order valence-electron chi connectivity index (χ2n) is 13.2. The third kappa shape index (κ3) is 8.23. The number of fused-ring (bicyclic) bond motifs is 1. The van der Waals surface area contributed by atoms with E-state index in [1.54, 1.807) is 17.6 Å². The van der Waals surface area contributed by atoms with Crippen molar-refractivity contribution in [2.24, 2.45) is 5.92 Å². The summed E-state index contributed by atoms with van der Waals surface area (Å²) in [6, 6.07) is 13.2. The largest absolute Gasteiger partial charge is 0.469 e. The van der Waals surface area contributed by atoms with E-state index < -0.39 is 17.6 Å². The number of rotatable bonds is 12. The van der Waals surface area contributed by atoms with Crippen LogP contribution in [0.5, 0.6) is 0 Å². The van der Waals surface area contributed by atoms with Gasteiger partial charge in [-0.15, -0.1) is 0 Å². The van der Waals surface area contributed by atoms with Gasteiger partial charge in [-0.25, -0.2) is 23.7 Å². The van der Waals surface area contributed by atoms with E-state index in [0.717, 1.165) is 65.0 Å². The average Bonchev–Trinajstić information content (AvgIpc) is 3.46. The summed E-state index contributed by atoms with van der Waals surface area (Å²) in [5.74, 6) is -0.489. The highest BCUT2D eigenvalue weighted by atomic mass is 19.1. The lowest BCUT2D eigenvalue weighted by Crippen LogP contribution is -2.58. The third-order valence-electron chi connectivity index (χ3n) is 9.88. The van der Waals surface area contributed by atoms with Gasteiger partial charge in [0.15, 0.2) is 11.6 Å². The Morgan fingerprint density at radius 2 is 1.84 bits per heavy atom. The molecule has 11 nitrogen and oxygen atoms in total. The van der Waals surface area contributed by atoms with E-state index in [-0.39, 0.29) is 47.4 Å². The molecule has 2 fully saturated rings. The summed E-state index contributed by atoms with van der Waals surface area (Å²) in [7, 11) is 1.33. The van der Waals surface area contributed by atoms with E-state index in [4.69, 9.17) is 4.74 Å². The highest BCUT2D eigenvalue weighted by Crippen LogP contribution is 2.31. The number of hydrogen-bond acceptors (Lipinski definition) is 10. The Morgan fingerprint density at radius 3 is 2.57 bits per heavy atom. The van der Waals surface area contributed by atoms with Crippen LogP contribution >= 0.6 is 0 Å². The second kappa shape index (κ2) is 15.7. The van der Waals surface area contributed by atoms with E-state index in [1.165, 1.54) is 18.7 Å². The van der Waals surface area contributed by atoms with Crippen LogP contribution in [0.1, 0.15) is 44.1 Å². The fraction of sp³-hybridized carbons (Fsp3) is 0.500. The summed E-state index contributed by atoms with van der Waals surface area (Å²) in [6.07, 6.45) is 1.79. The van der Waals surface area contributed by atoms with Crippen LogP contribution in [0.15, 0.2) is 48.7 Å². The molecule has 49 heavy (non-hydrogen) atoms. The number of carbonyl (C=O) groups is 1. The maximum Gasteiger partial charge on any atom is 0.307 e. The summed E-state index contributed by atoms with van der Waals surface area (Å²) in [5.41, 5.74) is 2.05. The Balaban J connectivity index is 1.20. The number of ether oxygens (including phenoxy) is 1.